The van der Waals surface area contributed by atoms with E-state index in [1.54, 1.807) is 0 Å². The van der Waals surface area contributed by atoms with Crippen LogP contribution in [0.5, 0.6) is 0 Å². The molecule has 1 unspecified atom stereocenters. The second-order valence-electron chi connectivity index (χ2n) is 4.77. The van der Waals surface area contributed by atoms with Crippen LogP contribution in [-0.4, -0.2) is 36.2 Å². The van der Waals surface area contributed by atoms with Crippen molar-refractivity contribution in [3.8, 4) is 0 Å². The molecule has 1 saturated carbocycles. The minimum Gasteiger partial charge on any atom is -0.395 e. The Labute approximate surface area is 75.6 Å². The molecule has 0 aromatic carbocycles. The first-order chi connectivity index (χ1) is 5.55. The first-order valence-corrected chi connectivity index (χ1v) is 4.86. The minimum absolute atomic E-state index is 0.285. The predicted octanol–water partition coefficient (Wildman–Crippen LogP) is 1.49. The van der Waals surface area contributed by atoms with Gasteiger partial charge in [-0.15, -0.1) is 0 Å². The van der Waals surface area contributed by atoms with Crippen LogP contribution in [0.4, 0.5) is 0 Å². The van der Waals surface area contributed by atoms with Gasteiger partial charge < -0.3 is 10.0 Å². The second kappa shape index (κ2) is 3.75. The van der Waals surface area contributed by atoms with Gasteiger partial charge >= 0.3 is 0 Å². The molecule has 0 aliphatic heterocycles. The highest BCUT2D eigenvalue weighted by Gasteiger charge is 2.32. The van der Waals surface area contributed by atoms with E-state index in [0.29, 0.717) is 11.5 Å². The summed E-state index contributed by atoms with van der Waals surface area (Å²) in [6, 6.07) is 0.701. The van der Waals surface area contributed by atoms with Crippen molar-refractivity contribution in [2.24, 2.45) is 5.41 Å². The number of hydrogen-bond acceptors (Lipinski definition) is 2. The number of likely N-dealkylation sites (N-methyl/N-ethyl adjacent to an activating group) is 1. The van der Waals surface area contributed by atoms with Gasteiger partial charge in [0.25, 0.3) is 0 Å². The second-order valence-corrected chi connectivity index (χ2v) is 4.77. The molecule has 0 saturated heterocycles. The number of hydrogen-bond donors (Lipinski definition) is 1. The molecule has 1 rings (SSSR count). The predicted molar refractivity (Wildman–Crippen MR) is 51.1 cm³/mol. The number of aliphatic hydroxyl groups is 1. The number of nitrogens with zero attached hydrogens (tertiary/aromatic N) is 1. The van der Waals surface area contributed by atoms with E-state index in [4.69, 9.17) is 5.11 Å². The molecule has 0 aromatic heterocycles. The Morgan fingerprint density at radius 3 is 2.58 bits per heavy atom. The lowest BCUT2D eigenvalue weighted by Crippen LogP contribution is -2.32. The normalized spacial score (nSPS) is 28.2. The fourth-order valence-corrected chi connectivity index (χ4v) is 2.12. The molecule has 1 aliphatic rings. The highest BCUT2D eigenvalue weighted by Crippen LogP contribution is 2.38. The standard InChI is InChI=1S/C10H21NO/c1-10(2)5-4-9(8-10)11(3)6-7-12/h9,12H,4-8H2,1-3H3. The number of aliphatic hydroxyl groups excluding tert-OH is 1. The Morgan fingerprint density at radius 2 is 2.17 bits per heavy atom. The summed E-state index contributed by atoms with van der Waals surface area (Å²) in [5.41, 5.74) is 0.522. The smallest absolute Gasteiger partial charge is 0.0558 e. The van der Waals surface area contributed by atoms with E-state index in [-0.39, 0.29) is 6.61 Å². The quantitative estimate of drug-likeness (QED) is 0.695. The van der Waals surface area contributed by atoms with Gasteiger partial charge in [-0.25, -0.2) is 0 Å². The van der Waals surface area contributed by atoms with Crippen LogP contribution in [0, 0.1) is 5.41 Å². The third-order valence-electron chi connectivity index (χ3n) is 3.02. The zero-order chi connectivity index (χ0) is 9.19. The van der Waals surface area contributed by atoms with Crippen molar-refractivity contribution < 1.29 is 5.11 Å². The van der Waals surface area contributed by atoms with E-state index in [1.807, 2.05) is 0 Å². The van der Waals surface area contributed by atoms with Crippen molar-refractivity contribution in [2.75, 3.05) is 20.2 Å². The first-order valence-electron chi connectivity index (χ1n) is 4.86. The molecule has 12 heavy (non-hydrogen) atoms. The van der Waals surface area contributed by atoms with Crippen molar-refractivity contribution in [3.05, 3.63) is 0 Å². The highest BCUT2D eigenvalue weighted by molar-refractivity contribution is 4.86. The monoisotopic (exact) mass is 171 g/mol. The summed E-state index contributed by atoms with van der Waals surface area (Å²) >= 11 is 0. The van der Waals surface area contributed by atoms with Crippen molar-refractivity contribution in [3.63, 3.8) is 0 Å². The lowest BCUT2D eigenvalue weighted by molar-refractivity contribution is 0.174. The molecule has 1 N–H and O–H groups in total. The van der Waals surface area contributed by atoms with Crippen LogP contribution in [0.15, 0.2) is 0 Å². The zero-order valence-electron chi connectivity index (χ0n) is 8.51. The van der Waals surface area contributed by atoms with Crippen LogP contribution >= 0.6 is 0 Å². The molecule has 0 spiro atoms. The molecule has 0 heterocycles. The van der Waals surface area contributed by atoms with Gasteiger partial charge in [-0.3, -0.25) is 0 Å². The molecular formula is C10H21NO. The molecule has 0 radical (unpaired) electrons. The van der Waals surface area contributed by atoms with Gasteiger partial charge in [-0.05, 0) is 31.7 Å². The van der Waals surface area contributed by atoms with Crippen molar-refractivity contribution >= 4 is 0 Å². The van der Waals surface area contributed by atoms with E-state index in [2.05, 4.69) is 25.8 Å². The maximum absolute atomic E-state index is 8.79. The first kappa shape index (κ1) is 10.0. The van der Waals surface area contributed by atoms with Gasteiger partial charge in [0.15, 0.2) is 0 Å². The molecule has 0 bridgehead atoms. The van der Waals surface area contributed by atoms with Crippen LogP contribution in [0.1, 0.15) is 33.1 Å². The summed E-state index contributed by atoms with van der Waals surface area (Å²) in [5.74, 6) is 0. The molecule has 2 nitrogen and oxygen atoms in total. The Kier molecular flexibility index (Phi) is 3.13. The Bertz CT molecular complexity index is 145. The van der Waals surface area contributed by atoms with Gasteiger partial charge in [0.2, 0.25) is 0 Å². The summed E-state index contributed by atoms with van der Waals surface area (Å²) < 4.78 is 0. The molecule has 1 atom stereocenters. The van der Waals surface area contributed by atoms with E-state index < -0.39 is 0 Å². The molecule has 0 amide bonds. The fraction of sp³-hybridized carbons (Fsp3) is 1.00. The summed E-state index contributed by atoms with van der Waals surface area (Å²) in [6.07, 6.45) is 3.90. The van der Waals surface area contributed by atoms with E-state index in [1.165, 1.54) is 19.3 Å². The molecule has 2 heteroatoms. The zero-order valence-corrected chi connectivity index (χ0v) is 8.51. The molecule has 72 valence electrons. The fourth-order valence-electron chi connectivity index (χ4n) is 2.12. The minimum atomic E-state index is 0.285. The Hall–Kier alpha value is -0.0800. The average molecular weight is 171 g/mol. The summed E-state index contributed by atoms with van der Waals surface area (Å²) in [4.78, 5) is 2.29. The largest absolute Gasteiger partial charge is 0.395 e. The average Bonchev–Trinajstić information content (AvgIpc) is 2.31. The van der Waals surface area contributed by atoms with E-state index >= 15 is 0 Å². The topological polar surface area (TPSA) is 23.5 Å². The van der Waals surface area contributed by atoms with Gasteiger partial charge in [-0.1, -0.05) is 13.8 Å². The third-order valence-corrected chi connectivity index (χ3v) is 3.02. The maximum Gasteiger partial charge on any atom is 0.0558 e. The lowest BCUT2D eigenvalue weighted by atomic mass is 9.91. The van der Waals surface area contributed by atoms with E-state index in [9.17, 15) is 0 Å². The molecule has 1 fully saturated rings. The summed E-state index contributed by atoms with van der Waals surface area (Å²) in [7, 11) is 2.11. The lowest BCUT2D eigenvalue weighted by Gasteiger charge is -2.25. The van der Waals surface area contributed by atoms with Gasteiger partial charge in [0.05, 0.1) is 6.61 Å². The summed E-state index contributed by atoms with van der Waals surface area (Å²) in [6.45, 7) is 5.77. The van der Waals surface area contributed by atoms with Crippen LogP contribution < -0.4 is 0 Å². The van der Waals surface area contributed by atoms with Crippen molar-refractivity contribution in [1.82, 2.24) is 4.90 Å². The van der Waals surface area contributed by atoms with Crippen LogP contribution in [0.2, 0.25) is 0 Å². The highest BCUT2D eigenvalue weighted by atomic mass is 16.3. The molecule has 0 aromatic rings. The molecule has 1 aliphatic carbocycles. The van der Waals surface area contributed by atoms with Crippen LogP contribution in [0.3, 0.4) is 0 Å². The van der Waals surface area contributed by atoms with Gasteiger partial charge in [0, 0.05) is 12.6 Å². The van der Waals surface area contributed by atoms with Crippen molar-refractivity contribution in [1.29, 1.82) is 0 Å². The number of rotatable bonds is 3. The third kappa shape index (κ3) is 2.46. The van der Waals surface area contributed by atoms with E-state index in [0.717, 1.165) is 6.54 Å². The Morgan fingerprint density at radius 1 is 1.50 bits per heavy atom. The van der Waals surface area contributed by atoms with Gasteiger partial charge in [0.1, 0.15) is 0 Å². The van der Waals surface area contributed by atoms with Gasteiger partial charge in [-0.2, -0.15) is 0 Å². The molecular weight excluding hydrogens is 150 g/mol. The maximum atomic E-state index is 8.79. The van der Waals surface area contributed by atoms with Crippen LogP contribution in [-0.2, 0) is 0 Å². The van der Waals surface area contributed by atoms with Crippen molar-refractivity contribution in [2.45, 2.75) is 39.2 Å². The Balaban J connectivity index is 2.36. The summed E-state index contributed by atoms with van der Waals surface area (Å²) in [5, 5.41) is 8.79. The van der Waals surface area contributed by atoms with Crippen LogP contribution in [0.25, 0.3) is 0 Å². The SMILES string of the molecule is CN(CCO)C1CCC(C)(C)C1.